The number of carbonyl (C=O) groups is 1. The molecule has 0 aromatic heterocycles. The minimum absolute atomic E-state index is 0.188. The van der Waals surface area contributed by atoms with E-state index in [0.717, 1.165) is 32.7 Å². The number of hydrogen-bond donors (Lipinski definition) is 0. The van der Waals surface area contributed by atoms with Gasteiger partial charge in [-0.1, -0.05) is 6.92 Å². The second-order valence-corrected chi connectivity index (χ2v) is 4.09. The molecule has 15 heavy (non-hydrogen) atoms. The van der Waals surface area contributed by atoms with Crippen LogP contribution in [0.4, 0.5) is 0 Å². The highest BCUT2D eigenvalue weighted by Crippen LogP contribution is 1.98. The molecule has 0 aliphatic carbocycles. The van der Waals surface area contributed by atoms with E-state index in [4.69, 9.17) is 4.74 Å². The van der Waals surface area contributed by atoms with E-state index in [0.29, 0.717) is 13.0 Å². The van der Waals surface area contributed by atoms with Crippen molar-refractivity contribution in [2.45, 2.75) is 13.3 Å². The maximum absolute atomic E-state index is 11.0. The number of ketones is 1. The van der Waals surface area contributed by atoms with Crippen molar-refractivity contribution < 1.29 is 9.53 Å². The van der Waals surface area contributed by atoms with Crippen LogP contribution < -0.4 is 0 Å². The molecule has 0 aromatic carbocycles. The molecule has 0 N–H and O–H groups in total. The number of nitrogens with zero attached hydrogens (tertiary/aromatic N) is 2. The van der Waals surface area contributed by atoms with Gasteiger partial charge in [-0.15, -0.1) is 0 Å². The third-order valence-electron chi connectivity index (χ3n) is 2.81. The van der Waals surface area contributed by atoms with Crippen LogP contribution in [0, 0.1) is 0 Å². The molecule has 4 heteroatoms. The predicted octanol–water partition coefficient (Wildman–Crippen LogP) is 0.230. The van der Waals surface area contributed by atoms with Crippen molar-refractivity contribution in [2.75, 3.05) is 53.0 Å². The summed E-state index contributed by atoms with van der Waals surface area (Å²) in [6.45, 7) is 8.27. The molecule has 0 bridgehead atoms. The third-order valence-corrected chi connectivity index (χ3v) is 2.81. The zero-order valence-corrected chi connectivity index (χ0v) is 9.87. The fraction of sp³-hybridized carbons (Fsp3) is 0.909. The Bertz CT molecular complexity index is 189. The number of likely N-dealkylation sites (N-methyl/N-ethyl adjacent to an activating group) is 1. The Kier molecular flexibility index (Phi) is 5.83. The average molecular weight is 214 g/mol. The number of carbonyl (C=O) groups excluding carboxylic acids is 1. The van der Waals surface area contributed by atoms with Crippen molar-refractivity contribution in [3.63, 3.8) is 0 Å². The monoisotopic (exact) mass is 214 g/mol. The van der Waals surface area contributed by atoms with E-state index in [-0.39, 0.29) is 12.4 Å². The Labute approximate surface area is 92.2 Å². The first-order valence-corrected chi connectivity index (χ1v) is 5.72. The lowest BCUT2D eigenvalue weighted by Crippen LogP contribution is -2.45. The van der Waals surface area contributed by atoms with Crippen molar-refractivity contribution in [1.29, 1.82) is 0 Å². The van der Waals surface area contributed by atoms with Crippen molar-refractivity contribution >= 4 is 5.78 Å². The summed E-state index contributed by atoms with van der Waals surface area (Å²) in [6, 6.07) is 0. The second kappa shape index (κ2) is 6.93. The van der Waals surface area contributed by atoms with Crippen LogP contribution in [0.1, 0.15) is 13.3 Å². The van der Waals surface area contributed by atoms with Gasteiger partial charge in [0.25, 0.3) is 0 Å². The van der Waals surface area contributed by atoms with Crippen LogP contribution in [-0.4, -0.2) is 68.6 Å². The fourth-order valence-corrected chi connectivity index (χ4v) is 1.55. The maximum Gasteiger partial charge on any atom is 0.158 e. The van der Waals surface area contributed by atoms with Crippen LogP contribution in [0.2, 0.25) is 0 Å². The highest BCUT2D eigenvalue weighted by molar-refractivity contribution is 5.79. The molecule has 0 atom stereocenters. The summed E-state index contributed by atoms with van der Waals surface area (Å²) >= 11 is 0. The van der Waals surface area contributed by atoms with Gasteiger partial charge in [0.05, 0.1) is 6.61 Å². The number of ether oxygens (including phenoxy) is 1. The summed E-state index contributed by atoms with van der Waals surface area (Å²) in [6.07, 6.45) is 0.578. The van der Waals surface area contributed by atoms with Gasteiger partial charge in [0, 0.05) is 39.1 Å². The zero-order chi connectivity index (χ0) is 11.1. The molecule has 0 radical (unpaired) electrons. The Morgan fingerprint density at radius 2 is 1.93 bits per heavy atom. The van der Waals surface area contributed by atoms with Gasteiger partial charge in [-0.25, -0.2) is 0 Å². The molecular formula is C11H22N2O2. The van der Waals surface area contributed by atoms with E-state index < -0.39 is 0 Å². The highest BCUT2D eigenvalue weighted by Gasteiger charge is 2.12. The molecule has 0 aromatic rings. The summed E-state index contributed by atoms with van der Waals surface area (Å²) in [5, 5.41) is 0. The zero-order valence-electron chi connectivity index (χ0n) is 9.87. The normalized spacial score (nSPS) is 19.3. The quantitative estimate of drug-likeness (QED) is 0.593. The summed E-state index contributed by atoms with van der Waals surface area (Å²) in [7, 11) is 2.15. The molecular weight excluding hydrogens is 192 g/mol. The molecule has 0 unspecified atom stereocenters. The van der Waals surface area contributed by atoms with Crippen LogP contribution in [0.25, 0.3) is 0 Å². The summed E-state index contributed by atoms with van der Waals surface area (Å²) in [5.74, 6) is 0.188. The SMILES string of the molecule is CCC(=O)COCCN1CCN(C)CC1. The Morgan fingerprint density at radius 3 is 2.53 bits per heavy atom. The van der Waals surface area contributed by atoms with Gasteiger partial charge < -0.3 is 9.64 Å². The standard InChI is InChI=1S/C11H22N2O2/c1-3-11(14)10-15-9-8-13-6-4-12(2)5-7-13/h3-10H2,1-2H3. The Morgan fingerprint density at radius 1 is 1.27 bits per heavy atom. The molecule has 88 valence electrons. The van der Waals surface area contributed by atoms with Gasteiger partial charge in [-0.05, 0) is 7.05 Å². The molecule has 1 aliphatic rings. The van der Waals surface area contributed by atoms with Gasteiger partial charge in [-0.3, -0.25) is 9.69 Å². The summed E-state index contributed by atoms with van der Waals surface area (Å²) < 4.78 is 5.31. The largest absolute Gasteiger partial charge is 0.372 e. The maximum atomic E-state index is 11.0. The lowest BCUT2D eigenvalue weighted by molar-refractivity contribution is -0.123. The first-order chi connectivity index (χ1) is 7.22. The third kappa shape index (κ3) is 5.25. The first kappa shape index (κ1) is 12.6. The minimum atomic E-state index is 0.188. The van der Waals surface area contributed by atoms with E-state index in [2.05, 4.69) is 16.8 Å². The lowest BCUT2D eigenvalue weighted by Gasteiger charge is -2.32. The van der Waals surface area contributed by atoms with Gasteiger partial charge >= 0.3 is 0 Å². The molecule has 0 saturated carbocycles. The van der Waals surface area contributed by atoms with Gasteiger partial charge in [-0.2, -0.15) is 0 Å². The molecule has 0 amide bonds. The molecule has 1 saturated heterocycles. The highest BCUT2D eigenvalue weighted by atomic mass is 16.5. The second-order valence-electron chi connectivity index (χ2n) is 4.09. The predicted molar refractivity (Wildman–Crippen MR) is 60.1 cm³/mol. The molecule has 0 spiro atoms. The molecule has 1 heterocycles. The first-order valence-electron chi connectivity index (χ1n) is 5.72. The summed E-state index contributed by atoms with van der Waals surface area (Å²) in [4.78, 5) is 15.7. The van der Waals surface area contributed by atoms with Crippen LogP contribution in [-0.2, 0) is 9.53 Å². The van der Waals surface area contributed by atoms with Gasteiger partial charge in [0.1, 0.15) is 6.61 Å². The molecule has 4 nitrogen and oxygen atoms in total. The smallest absolute Gasteiger partial charge is 0.158 e. The molecule has 1 fully saturated rings. The Hall–Kier alpha value is -0.450. The van der Waals surface area contributed by atoms with E-state index in [1.54, 1.807) is 0 Å². The van der Waals surface area contributed by atoms with Crippen molar-refractivity contribution in [2.24, 2.45) is 0 Å². The number of piperazine rings is 1. The molecule has 1 rings (SSSR count). The van der Waals surface area contributed by atoms with Crippen LogP contribution in [0.15, 0.2) is 0 Å². The Balaban J connectivity index is 1.98. The van der Waals surface area contributed by atoms with E-state index in [9.17, 15) is 4.79 Å². The number of rotatable bonds is 6. The fourth-order valence-electron chi connectivity index (χ4n) is 1.55. The summed E-state index contributed by atoms with van der Waals surface area (Å²) in [5.41, 5.74) is 0. The molecule has 1 aliphatic heterocycles. The van der Waals surface area contributed by atoms with E-state index >= 15 is 0 Å². The van der Waals surface area contributed by atoms with Gasteiger partial charge in [0.15, 0.2) is 5.78 Å². The van der Waals surface area contributed by atoms with Crippen molar-refractivity contribution in [1.82, 2.24) is 9.80 Å². The number of Topliss-reactive ketones (excluding diaryl/α,β-unsaturated/α-hetero) is 1. The minimum Gasteiger partial charge on any atom is -0.372 e. The van der Waals surface area contributed by atoms with Crippen molar-refractivity contribution in [3.05, 3.63) is 0 Å². The van der Waals surface area contributed by atoms with Crippen LogP contribution >= 0.6 is 0 Å². The van der Waals surface area contributed by atoms with Gasteiger partial charge in [0.2, 0.25) is 0 Å². The topological polar surface area (TPSA) is 32.8 Å². The number of hydrogen-bond acceptors (Lipinski definition) is 4. The van der Waals surface area contributed by atoms with E-state index in [1.807, 2.05) is 6.92 Å². The van der Waals surface area contributed by atoms with Crippen LogP contribution in [0.5, 0.6) is 0 Å². The van der Waals surface area contributed by atoms with E-state index in [1.165, 1.54) is 0 Å². The average Bonchev–Trinajstić information content (AvgIpc) is 2.26. The van der Waals surface area contributed by atoms with Crippen molar-refractivity contribution in [3.8, 4) is 0 Å². The lowest BCUT2D eigenvalue weighted by atomic mass is 10.3. The van der Waals surface area contributed by atoms with Crippen LogP contribution in [0.3, 0.4) is 0 Å².